The Morgan fingerprint density at radius 2 is 1.71 bits per heavy atom. The van der Waals surface area contributed by atoms with Crippen molar-refractivity contribution in [1.29, 1.82) is 0 Å². The van der Waals surface area contributed by atoms with E-state index in [-0.39, 0.29) is 12.7 Å². The molecule has 0 amide bonds. The SMILES string of the molecule is O=C(OCc1ccccc1)c1ccc(F)cc1C(F)(F)F. The summed E-state index contributed by atoms with van der Waals surface area (Å²) in [4.78, 5) is 11.8. The average Bonchev–Trinajstić information content (AvgIpc) is 2.45. The number of benzene rings is 2. The number of rotatable bonds is 3. The fourth-order valence-corrected chi connectivity index (χ4v) is 1.73. The van der Waals surface area contributed by atoms with Gasteiger partial charge in [-0.25, -0.2) is 9.18 Å². The summed E-state index contributed by atoms with van der Waals surface area (Å²) in [5.74, 6) is -2.21. The van der Waals surface area contributed by atoms with Crippen LogP contribution in [0.15, 0.2) is 48.5 Å². The quantitative estimate of drug-likeness (QED) is 0.627. The maximum atomic E-state index is 12.9. The van der Waals surface area contributed by atoms with Gasteiger partial charge in [0.2, 0.25) is 0 Å². The third kappa shape index (κ3) is 3.81. The first-order valence-corrected chi connectivity index (χ1v) is 5.96. The van der Waals surface area contributed by atoms with Gasteiger partial charge in [0.15, 0.2) is 0 Å². The van der Waals surface area contributed by atoms with Crippen LogP contribution in [0, 0.1) is 5.82 Å². The highest BCUT2D eigenvalue weighted by molar-refractivity contribution is 5.91. The smallest absolute Gasteiger partial charge is 0.417 e. The lowest BCUT2D eigenvalue weighted by molar-refractivity contribution is -0.138. The molecule has 21 heavy (non-hydrogen) atoms. The van der Waals surface area contributed by atoms with E-state index in [2.05, 4.69) is 0 Å². The minimum Gasteiger partial charge on any atom is -0.457 e. The van der Waals surface area contributed by atoms with Crippen LogP contribution < -0.4 is 0 Å². The molecule has 0 aliphatic carbocycles. The second-order valence-corrected chi connectivity index (χ2v) is 4.25. The topological polar surface area (TPSA) is 26.3 Å². The fraction of sp³-hybridized carbons (Fsp3) is 0.133. The molecule has 110 valence electrons. The molecule has 0 spiro atoms. The molecule has 2 nitrogen and oxygen atoms in total. The van der Waals surface area contributed by atoms with E-state index in [4.69, 9.17) is 4.74 Å². The molecule has 2 aromatic carbocycles. The zero-order valence-electron chi connectivity index (χ0n) is 10.7. The Bertz CT molecular complexity index is 636. The Balaban J connectivity index is 2.20. The van der Waals surface area contributed by atoms with Crippen molar-refractivity contribution in [3.05, 3.63) is 71.0 Å². The van der Waals surface area contributed by atoms with Gasteiger partial charge in [0.25, 0.3) is 0 Å². The molecule has 0 aliphatic rings. The number of alkyl halides is 3. The van der Waals surface area contributed by atoms with E-state index in [1.807, 2.05) is 0 Å². The number of ether oxygens (including phenoxy) is 1. The van der Waals surface area contributed by atoms with Crippen molar-refractivity contribution >= 4 is 5.97 Å². The van der Waals surface area contributed by atoms with Gasteiger partial charge in [-0.15, -0.1) is 0 Å². The van der Waals surface area contributed by atoms with Gasteiger partial charge in [-0.1, -0.05) is 30.3 Å². The summed E-state index contributed by atoms with van der Waals surface area (Å²) in [7, 11) is 0. The number of carbonyl (C=O) groups excluding carboxylic acids is 1. The molecule has 0 unspecified atom stereocenters. The zero-order chi connectivity index (χ0) is 15.5. The largest absolute Gasteiger partial charge is 0.457 e. The number of esters is 1. The lowest BCUT2D eigenvalue weighted by atomic mass is 10.1. The molecular weight excluding hydrogens is 288 g/mol. The molecule has 0 fully saturated rings. The predicted molar refractivity (Wildman–Crippen MR) is 67.0 cm³/mol. The first-order valence-electron chi connectivity index (χ1n) is 5.96. The van der Waals surface area contributed by atoms with Crippen molar-refractivity contribution in [1.82, 2.24) is 0 Å². The van der Waals surface area contributed by atoms with Crippen LogP contribution in [-0.4, -0.2) is 5.97 Å². The van der Waals surface area contributed by atoms with Gasteiger partial charge in [0.05, 0.1) is 11.1 Å². The summed E-state index contributed by atoms with van der Waals surface area (Å²) >= 11 is 0. The average molecular weight is 298 g/mol. The number of hydrogen-bond acceptors (Lipinski definition) is 2. The van der Waals surface area contributed by atoms with E-state index in [0.717, 1.165) is 12.1 Å². The fourth-order valence-electron chi connectivity index (χ4n) is 1.73. The minimum absolute atomic E-state index is 0.158. The molecule has 6 heteroatoms. The molecule has 0 aliphatic heterocycles. The van der Waals surface area contributed by atoms with Crippen LogP contribution >= 0.6 is 0 Å². The van der Waals surface area contributed by atoms with Gasteiger partial charge in [-0.05, 0) is 23.8 Å². The van der Waals surface area contributed by atoms with Crippen molar-refractivity contribution in [3.8, 4) is 0 Å². The van der Waals surface area contributed by atoms with Crippen molar-refractivity contribution in [3.63, 3.8) is 0 Å². The van der Waals surface area contributed by atoms with Crippen LogP contribution in [0.2, 0.25) is 0 Å². The van der Waals surface area contributed by atoms with E-state index in [1.165, 1.54) is 0 Å². The summed E-state index contributed by atoms with van der Waals surface area (Å²) in [5.41, 5.74) is -1.41. The van der Waals surface area contributed by atoms with E-state index in [1.54, 1.807) is 30.3 Å². The zero-order valence-corrected chi connectivity index (χ0v) is 10.7. The Kier molecular flexibility index (Phi) is 4.26. The first kappa shape index (κ1) is 15.0. The highest BCUT2D eigenvalue weighted by Gasteiger charge is 2.36. The molecule has 0 atom stereocenters. The van der Waals surface area contributed by atoms with Crippen molar-refractivity contribution < 1.29 is 27.1 Å². The maximum Gasteiger partial charge on any atom is 0.417 e. The molecule has 0 bridgehead atoms. The van der Waals surface area contributed by atoms with Gasteiger partial charge < -0.3 is 4.74 Å². The van der Waals surface area contributed by atoms with Gasteiger partial charge in [0, 0.05) is 0 Å². The van der Waals surface area contributed by atoms with Crippen LogP contribution in [0.5, 0.6) is 0 Å². The Hall–Kier alpha value is -2.37. The second kappa shape index (κ2) is 5.95. The highest BCUT2D eigenvalue weighted by atomic mass is 19.4. The van der Waals surface area contributed by atoms with Crippen LogP contribution in [0.3, 0.4) is 0 Å². The first-order chi connectivity index (χ1) is 9.88. The van der Waals surface area contributed by atoms with Gasteiger partial charge >= 0.3 is 12.1 Å². The van der Waals surface area contributed by atoms with E-state index >= 15 is 0 Å². The lowest BCUT2D eigenvalue weighted by Gasteiger charge is -2.12. The molecule has 2 rings (SSSR count). The van der Waals surface area contributed by atoms with E-state index < -0.39 is 29.1 Å². The Labute approximate surface area is 118 Å². The highest BCUT2D eigenvalue weighted by Crippen LogP contribution is 2.32. The van der Waals surface area contributed by atoms with Gasteiger partial charge in [-0.3, -0.25) is 0 Å². The van der Waals surface area contributed by atoms with Crippen LogP contribution in [-0.2, 0) is 17.5 Å². The molecule has 0 aromatic heterocycles. The Morgan fingerprint density at radius 1 is 1.05 bits per heavy atom. The van der Waals surface area contributed by atoms with Crippen molar-refractivity contribution in [2.45, 2.75) is 12.8 Å². The van der Waals surface area contributed by atoms with E-state index in [9.17, 15) is 22.4 Å². The second-order valence-electron chi connectivity index (χ2n) is 4.25. The summed E-state index contributed by atoms with van der Waals surface area (Å²) in [6, 6.07) is 10.3. The molecule has 0 saturated carbocycles. The molecule has 0 heterocycles. The van der Waals surface area contributed by atoms with Crippen molar-refractivity contribution in [2.75, 3.05) is 0 Å². The third-order valence-electron chi connectivity index (χ3n) is 2.72. The molecular formula is C15H10F4O2. The summed E-state index contributed by atoms with van der Waals surface area (Å²) in [6.07, 6.45) is -4.83. The number of halogens is 4. The maximum absolute atomic E-state index is 12.9. The monoisotopic (exact) mass is 298 g/mol. The molecule has 2 aromatic rings. The van der Waals surface area contributed by atoms with Gasteiger partial charge in [0.1, 0.15) is 12.4 Å². The molecule has 0 N–H and O–H groups in total. The van der Waals surface area contributed by atoms with E-state index in [0.29, 0.717) is 5.56 Å². The summed E-state index contributed by atoms with van der Waals surface area (Å²) in [5, 5.41) is 0. The Morgan fingerprint density at radius 3 is 2.33 bits per heavy atom. The lowest BCUT2D eigenvalue weighted by Crippen LogP contribution is -2.15. The predicted octanol–water partition coefficient (Wildman–Crippen LogP) is 4.20. The minimum atomic E-state index is -4.83. The third-order valence-corrected chi connectivity index (χ3v) is 2.72. The van der Waals surface area contributed by atoms with Crippen LogP contribution in [0.1, 0.15) is 21.5 Å². The number of hydrogen-bond donors (Lipinski definition) is 0. The summed E-state index contributed by atoms with van der Waals surface area (Å²) in [6.45, 7) is -0.158. The normalized spacial score (nSPS) is 11.2. The molecule has 0 saturated heterocycles. The van der Waals surface area contributed by atoms with Crippen molar-refractivity contribution in [2.24, 2.45) is 0 Å². The molecule has 0 radical (unpaired) electrons. The van der Waals surface area contributed by atoms with Crippen LogP contribution in [0.25, 0.3) is 0 Å². The summed E-state index contributed by atoms with van der Waals surface area (Å²) < 4.78 is 56.1. The van der Waals surface area contributed by atoms with Gasteiger partial charge in [-0.2, -0.15) is 13.2 Å². The number of carbonyl (C=O) groups is 1. The van der Waals surface area contributed by atoms with Crippen LogP contribution in [0.4, 0.5) is 17.6 Å². The standard InChI is InChI=1S/C15H10F4O2/c16-11-6-7-12(13(8-11)15(17,18)19)14(20)21-9-10-4-2-1-3-5-10/h1-8H,9H2.